The third-order valence-electron chi connectivity index (χ3n) is 7.58. The highest BCUT2D eigenvalue weighted by Crippen LogP contribution is 2.67. The molecule has 1 aliphatic carbocycles. The first-order valence-corrected chi connectivity index (χ1v) is 14.9. The van der Waals surface area contributed by atoms with Gasteiger partial charge in [0.1, 0.15) is 22.8 Å². The van der Waals surface area contributed by atoms with Gasteiger partial charge in [-0.2, -0.15) is 0 Å². The predicted octanol–water partition coefficient (Wildman–Crippen LogP) is 5.11. The van der Waals surface area contributed by atoms with E-state index in [1.54, 1.807) is 72.8 Å². The third-order valence-corrected chi connectivity index (χ3v) is 10.4. The van der Waals surface area contributed by atoms with E-state index in [2.05, 4.69) is 20.9 Å². The summed E-state index contributed by atoms with van der Waals surface area (Å²) in [6, 6.07) is 26.4. The molecule has 0 saturated heterocycles. The summed E-state index contributed by atoms with van der Waals surface area (Å²) in [4.78, 5) is 4.37. The number of benzene rings is 3. The molecular weight excluding hydrogens is 590 g/mol. The van der Waals surface area contributed by atoms with Gasteiger partial charge in [-0.3, -0.25) is 4.98 Å². The van der Waals surface area contributed by atoms with E-state index in [0.717, 1.165) is 4.47 Å². The number of sulfone groups is 1. The Kier molecular flexibility index (Phi) is 6.16. The highest BCUT2D eigenvalue weighted by Gasteiger charge is 2.78. The van der Waals surface area contributed by atoms with Gasteiger partial charge >= 0.3 is 0 Å². The summed E-state index contributed by atoms with van der Waals surface area (Å²) in [7, 11) is -4.06. The Morgan fingerprint density at radius 1 is 0.974 bits per heavy atom. The molecule has 1 aliphatic heterocycles. The van der Waals surface area contributed by atoms with Crippen molar-refractivity contribution in [2.24, 2.45) is 0 Å². The monoisotopic (exact) mass is 611 g/mol. The number of ether oxygens (including phenoxy) is 1. The summed E-state index contributed by atoms with van der Waals surface area (Å²) >= 11 is 9.68. The third kappa shape index (κ3) is 3.66. The van der Waals surface area contributed by atoms with Crippen LogP contribution >= 0.6 is 27.5 Å². The first-order chi connectivity index (χ1) is 18.2. The fourth-order valence-electron chi connectivity index (χ4n) is 6.07. The number of aliphatic hydroxyl groups excluding tert-OH is 1. The van der Waals surface area contributed by atoms with E-state index in [4.69, 9.17) is 16.3 Å². The highest BCUT2D eigenvalue weighted by atomic mass is 79.9. The molecule has 1 fully saturated rings. The van der Waals surface area contributed by atoms with Crippen molar-refractivity contribution in [3.05, 3.63) is 129 Å². The van der Waals surface area contributed by atoms with E-state index < -0.39 is 38.3 Å². The quantitative estimate of drug-likeness (QED) is 0.325. The first kappa shape index (κ1) is 25.5. The Balaban J connectivity index is 1.65. The molecule has 2 aliphatic rings. The van der Waals surface area contributed by atoms with Gasteiger partial charge in [0.25, 0.3) is 0 Å². The summed E-state index contributed by atoms with van der Waals surface area (Å²) < 4.78 is 35.8. The van der Waals surface area contributed by atoms with E-state index in [-0.39, 0.29) is 22.2 Å². The van der Waals surface area contributed by atoms with Crippen molar-refractivity contribution >= 4 is 37.4 Å². The molecule has 0 spiro atoms. The number of fused-ring (bicyclic) bond motifs is 3. The van der Waals surface area contributed by atoms with Gasteiger partial charge in [-0.05, 0) is 28.8 Å². The first-order valence-electron chi connectivity index (χ1n) is 12.0. The Morgan fingerprint density at radius 3 is 2.26 bits per heavy atom. The lowest BCUT2D eigenvalue weighted by atomic mass is 9.72. The lowest BCUT2D eigenvalue weighted by molar-refractivity contribution is -0.150. The summed E-state index contributed by atoms with van der Waals surface area (Å²) in [5, 5.41) is 23.4. The molecule has 1 saturated carbocycles. The maximum Gasteiger partial charge on any atom is 0.182 e. The zero-order valence-corrected chi connectivity index (χ0v) is 23.1. The molecule has 2 heterocycles. The predicted molar refractivity (Wildman–Crippen MR) is 148 cm³/mol. The van der Waals surface area contributed by atoms with Crippen molar-refractivity contribution in [1.82, 2.24) is 4.98 Å². The van der Waals surface area contributed by atoms with Crippen molar-refractivity contribution in [1.29, 1.82) is 0 Å². The van der Waals surface area contributed by atoms with Crippen molar-refractivity contribution in [2.75, 3.05) is 0 Å². The normalized spacial score (nSPS) is 27.9. The molecule has 0 bridgehead atoms. The summed E-state index contributed by atoms with van der Waals surface area (Å²) in [5.74, 6) is -1.11. The van der Waals surface area contributed by atoms with Gasteiger partial charge in [-0.15, -0.1) is 0 Å². The SMILES string of the molecule is O=S(=O)(Cc1ccccc1)[C@H]1[C@@H](O)[C@@]2(O)c3ncc(Cl)cc3O[C@@]2(c2ccc(Br)cc2)[C@@H]1c1ccccc1. The minimum atomic E-state index is -4.06. The van der Waals surface area contributed by atoms with Crippen LogP contribution in [0.3, 0.4) is 0 Å². The average Bonchev–Trinajstić information content (AvgIpc) is 3.28. The van der Waals surface area contributed by atoms with Crippen LogP contribution in [0.4, 0.5) is 0 Å². The summed E-state index contributed by atoms with van der Waals surface area (Å²) in [6.45, 7) is 0. The smallest absolute Gasteiger partial charge is 0.182 e. The van der Waals surface area contributed by atoms with E-state index in [1.807, 2.05) is 12.1 Å². The molecule has 6 rings (SSSR count). The van der Waals surface area contributed by atoms with Crippen LogP contribution < -0.4 is 4.74 Å². The topological polar surface area (TPSA) is 96.7 Å². The fraction of sp³-hybridized carbons (Fsp3) is 0.207. The molecule has 9 heteroatoms. The summed E-state index contributed by atoms with van der Waals surface area (Å²) in [6.07, 6.45) is -0.407. The van der Waals surface area contributed by atoms with E-state index in [9.17, 15) is 18.6 Å². The molecule has 4 aromatic rings. The number of hydrogen-bond donors (Lipinski definition) is 2. The number of aromatic nitrogens is 1. The molecule has 0 amide bonds. The van der Waals surface area contributed by atoms with Crippen LogP contribution in [-0.4, -0.2) is 35.0 Å². The van der Waals surface area contributed by atoms with Gasteiger partial charge in [-0.25, -0.2) is 8.42 Å². The van der Waals surface area contributed by atoms with E-state index in [0.29, 0.717) is 16.7 Å². The van der Waals surface area contributed by atoms with Crippen molar-refractivity contribution in [3.8, 4) is 5.75 Å². The van der Waals surface area contributed by atoms with Crippen LogP contribution in [0.2, 0.25) is 5.02 Å². The molecule has 2 N–H and O–H groups in total. The molecule has 1 aromatic heterocycles. The van der Waals surface area contributed by atoms with Gasteiger partial charge < -0.3 is 14.9 Å². The zero-order valence-electron chi connectivity index (χ0n) is 19.9. The number of pyridine rings is 1. The van der Waals surface area contributed by atoms with Crippen LogP contribution in [-0.2, 0) is 26.8 Å². The van der Waals surface area contributed by atoms with Gasteiger partial charge in [-0.1, -0.05) is 100 Å². The zero-order chi connectivity index (χ0) is 26.7. The molecule has 38 heavy (non-hydrogen) atoms. The summed E-state index contributed by atoms with van der Waals surface area (Å²) in [5.41, 5.74) is -2.18. The standard InChI is InChI=1S/C29H23BrClNO5S/c30-21-13-11-20(12-14-21)29-24(19-9-5-2-6-10-19)25(38(35,36)17-18-7-3-1-4-8-18)27(33)28(29,34)26-23(37-29)15-22(31)16-32-26/h1-16,24-25,27,33-34H,17H2/t24-,25-,27-,28+,29+/m1/s1. The molecular formula is C29H23BrClNO5S. The van der Waals surface area contributed by atoms with Gasteiger partial charge in [0.2, 0.25) is 0 Å². The van der Waals surface area contributed by atoms with E-state index >= 15 is 0 Å². The van der Waals surface area contributed by atoms with Crippen LogP contribution in [0, 0.1) is 0 Å². The van der Waals surface area contributed by atoms with Crippen LogP contribution in [0.1, 0.15) is 28.3 Å². The number of aliphatic hydroxyl groups is 2. The van der Waals surface area contributed by atoms with Gasteiger partial charge in [0.15, 0.2) is 21.0 Å². The van der Waals surface area contributed by atoms with Crippen molar-refractivity contribution in [2.45, 2.75) is 34.2 Å². The lowest BCUT2D eigenvalue weighted by Crippen LogP contribution is -2.52. The average molecular weight is 613 g/mol. The second-order valence-corrected chi connectivity index (χ2v) is 13.2. The van der Waals surface area contributed by atoms with Crippen molar-refractivity contribution < 1.29 is 23.4 Å². The Bertz CT molecular complexity index is 1600. The Morgan fingerprint density at radius 2 is 1.61 bits per heavy atom. The second-order valence-electron chi connectivity index (χ2n) is 9.70. The fourth-order valence-corrected chi connectivity index (χ4v) is 8.69. The maximum atomic E-state index is 14.2. The Hall–Kier alpha value is -2.75. The number of halogens is 2. The minimum Gasteiger partial charge on any atom is -0.476 e. The van der Waals surface area contributed by atoms with Crippen molar-refractivity contribution in [3.63, 3.8) is 0 Å². The molecule has 0 unspecified atom stereocenters. The van der Waals surface area contributed by atoms with Crippen LogP contribution in [0.5, 0.6) is 5.75 Å². The van der Waals surface area contributed by atoms with Crippen LogP contribution in [0.15, 0.2) is 102 Å². The van der Waals surface area contributed by atoms with Gasteiger partial charge in [0.05, 0.1) is 16.7 Å². The second kappa shape index (κ2) is 9.17. The lowest BCUT2D eigenvalue weighted by Gasteiger charge is -2.40. The largest absolute Gasteiger partial charge is 0.476 e. The van der Waals surface area contributed by atoms with Crippen LogP contribution in [0.25, 0.3) is 0 Å². The number of rotatable bonds is 5. The van der Waals surface area contributed by atoms with E-state index in [1.165, 1.54) is 12.3 Å². The number of hydrogen-bond acceptors (Lipinski definition) is 6. The Labute approximate surface area is 233 Å². The molecule has 194 valence electrons. The molecule has 6 nitrogen and oxygen atoms in total. The molecule has 5 atom stereocenters. The highest BCUT2D eigenvalue weighted by molar-refractivity contribution is 9.10. The maximum absolute atomic E-state index is 14.2. The van der Waals surface area contributed by atoms with Gasteiger partial charge in [0, 0.05) is 16.7 Å². The molecule has 0 radical (unpaired) electrons. The molecule has 3 aromatic carbocycles. The number of nitrogens with zero attached hydrogens (tertiary/aromatic N) is 1. The minimum absolute atomic E-state index is 0.0515.